The monoisotopic (exact) mass is 307 g/mol. The fraction of sp³-hybridized carbons (Fsp3) is 0.600. The number of aryl methyl sites for hydroxylation is 1. The predicted molar refractivity (Wildman–Crippen MR) is 70.0 cm³/mol. The number of primary sulfonamides is 1. The number of nitrogens with two attached hydrogens (primary N) is 1. The third kappa shape index (κ3) is 4.89. The highest BCUT2D eigenvalue weighted by Gasteiger charge is 2.15. The molecule has 1 aromatic heterocycles. The zero-order valence-electron chi connectivity index (χ0n) is 11.0. The molecular weight excluding hydrogens is 290 g/mol. The number of aromatic nitrogens is 2. The Bertz CT molecular complexity index is 648. The maximum absolute atomic E-state index is 11.5. The lowest BCUT2D eigenvalue weighted by atomic mass is 10.4. The summed E-state index contributed by atoms with van der Waals surface area (Å²) < 4.78 is 33.4. The number of hydrogen-bond donors (Lipinski definition) is 2. The minimum absolute atomic E-state index is 0.200. The third-order valence-corrected chi connectivity index (χ3v) is 3.31. The summed E-state index contributed by atoms with van der Waals surface area (Å²) in [5, 5.41) is 4.88. The van der Waals surface area contributed by atoms with Gasteiger partial charge in [-0.1, -0.05) is 0 Å². The maximum atomic E-state index is 11.5. The van der Waals surface area contributed by atoms with Crippen LogP contribution in [0.25, 0.3) is 0 Å². The van der Waals surface area contributed by atoms with Crippen molar-refractivity contribution < 1.29 is 17.9 Å². The molecule has 114 valence electrons. The number of nitrogens with zero attached hydrogens (tertiary/aromatic N) is 1. The molecule has 0 aromatic carbocycles. The first-order valence-electron chi connectivity index (χ1n) is 5.79. The lowest BCUT2D eigenvalue weighted by molar-refractivity contribution is 0.0679. The van der Waals surface area contributed by atoms with Gasteiger partial charge in [0.25, 0.3) is 5.56 Å². The number of H-pyrrole nitrogens is 1. The number of methoxy groups -OCH3 is 1. The normalized spacial score (nSPS) is 11.7. The van der Waals surface area contributed by atoms with E-state index in [2.05, 4.69) is 0 Å². The van der Waals surface area contributed by atoms with Crippen LogP contribution < -0.4 is 16.4 Å². The molecule has 0 amide bonds. The third-order valence-electron chi connectivity index (χ3n) is 2.40. The van der Waals surface area contributed by atoms with Crippen LogP contribution in [0.3, 0.4) is 0 Å². The first kappa shape index (κ1) is 16.6. The Morgan fingerprint density at radius 3 is 2.60 bits per heavy atom. The van der Waals surface area contributed by atoms with Crippen molar-refractivity contribution in [1.82, 2.24) is 9.55 Å². The van der Waals surface area contributed by atoms with Crippen molar-refractivity contribution in [2.75, 3.05) is 26.9 Å². The van der Waals surface area contributed by atoms with Crippen molar-refractivity contribution in [1.29, 1.82) is 0 Å². The summed E-state index contributed by atoms with van der Waals surface area (Å²) in [5.41, 5.74) is -1.72. The predicted octanol–water partition coefficient (Wildman–Crippen LogP) is -1.76. The lowest BCUT2D eigenvalue weighted by Gasteiger charge is -2.07. The van der Waals surface area contributed by atoms with Crippen molar-refractivity contribution in [3.63, 3.8) is 0 Å². The Labute approximate surface area is 115 Å². The molecule has 20 heavy (non-hydrogen) atoms. The lowest BCUT2D eigenvalue weighted by Crippen LogP contribution is -2.34. The summed E-state index contributed by atoms with van der Waals surface area (Å²) in [6.07, 6.45) is 1.41. The van der Waals surface area contributed by atoms with Gasteiger partial charge in [0.05, 0.1) is 13.2 Å². The van der Waals surface area contributed by atoms with Crippen molar-refractivity contribution >= 4 is 10.0 Å². The Morgan fingerprint density at radius 1 is 1.30 bits per heavy atom. The Hall–Kier alpha value is -1.49. The average molecular weight is 307 g/mol. The second-order valence-corrected chi connectivity index (χ2v) is 5.48. The molecule has 0 unspecified atom stereocenters. The largest absolute Gasteiger partial charge is 0.382 e. The van der Waals surface area contributed by atoms with Gasteiger partial charge in [-0.15, -0.1) is 0 Å². The molecule has 3 N–H and O–H groups in total. The molecule has 0 fully saturated rings. The van der Waals surface area contributed by atoms with Crippen LogP contribution in [0, 0.1) is 0 Å². The van der Waals surface area contributed by atoms with Crippen molar-refractivity contribution in [2.45, 2.75) is 17.9 Å². The van der Waals surface area contributed by atoms with Gasteiger partial charge in [-0.2, -0.15) is 0 Å². The summed E-state index contributed by atoms with van der Waals surface area (Å²) in [5.74, 6) is 0. The van der Waals surface area contributed by atoms with Crippen LogP contribution in [0.5, 0.6) is 0 Å². The van der Waals surface area contributed by atoms with Crippen LogP contribution in [0.1, 0.15) is 6.42 Å². The summed E-state index contributed by atoms with van der Waals surface area (Å²) in [4.78, 5) is 24.1. The molecule has 0 radical (unpaired) electrons. The Morgan fingerprint density at radius 2 is 2.00 bits per heavy atom. The topological polar surface area (TPSA) is 133 Å². The van der Waals surface area contributed by atoms with E-state index in [1.807, 2.05) is 4.98 Å². The standard InChI is InChI=1S/C10H17N3O6S/c1-18-5-6-19-4-2-3-13-7-8(20(11,16)17)9(14)12-10(13)15/h7H,2-6H2,1H3,(H2,11,16,17)(H,12,14,15). The average Bonchev–Trinajstić information content (AvgIpc) is 2.34. The number of nitrogens with one attached hydrogen (secondary N) is 1. The quantitative estimate of drug-likeness (QED) is 0.546. The molecule has 0 aliphatic carbocycles. The van der Waals surface area contributed by atoms with E-state index in [1.54, 1.807) is 7.11 Å². The van der Waals surface area contributed by atoms with Crippen LogP contribution in [0.4, 0.5) is 0 Å². The van der Waals surface area contributed by atoms with Crippen LogP contribution in [-0.2, 0) is 26.0 Å². The van der Waals surface area contributed by atoms with Gasteiger partial charge in [0, 0.05) is 26.5 Å². The van der Waals surface area contributed by atoms with Crippen molar-refractivity contribution in [3.05, 3.63) is 27.0 Å². The fourth-order valence-electron chi connectivity index (χ4n) is 1.44. The molecule has 0 saturated carbocycles. The van der Waals surface area contributed by atoms with Gasteiger partial charge in [0.15, 0.2) is 4.90 Å². The molecule has 1 rings (SSSR count). The highest BCUT2D eigenvalue weighted by Crippen LogP contribution is 1.97. The van der Waals surface area contributed by atoms with Crippen LogP contribution >= 0.6 is 0 Å². The molecule has 10 heteroatoms. The number of sulfonamides is 1. The molecular formula is C10H17N3O6S. The van der Waals surface area contributed by atoms with Crippen LogP contribution in [-0.4, -0.2) is 44.9 Å². The van der Waals surface area contributed by atoms with Gasteiger partial charge in [0.2, 0.25) is 10.0 Å². The van der Waals surface area contributed by atoms with Crippen molar-refractivity contribution in [2.24, 2.45) is 5.14 Å². The molecule has 9 nitrogen and oxygen atoms in total. The van der Waals surface area contributed by atoms with E-state index in [9.17, 15) is 18.0 Å². The summed E-state index contributed by atoms with van der Waals surface area (Å²) in [7, 11) is -2.61. The van der Waals surface area contributed by atoms with Gasteiger partial charge in [-0.25, -0.2) is 18.4 Å². The van der Waals surface area contributed by atoms with Gasteiger partial charge < -0.3 is 9.47 Å². The van der Waals surface area contributed by atoms with E-state index in [-0.39, 0.29) is 6.54 Å². The van der Waals surface area contributed by atoms with Crippen LogP contribution in [0.15, 0.2) is 20.7 Å². The Balaban J connectivity index is 2.72. The first-order chi connectivity index (χ1) is 9.36. The number of rotatable bonds is 8. The van der Waals surface area contributed by atoms with Crippen LogP contribution in [0.2, 0.25) is 0 Å². The smallest absolute Gasteiger partial charge is 0.328 e. The number of aromatic amines is 1. The van der Waals surface area contributed by atoms with E-state index in [0.717, 1.165) is 10.8 Å². The molecule has 0 bridgehead atoms. The van der Waals surface area contributed by atoms with E-state index >= 15 is 0 Å². The second-order valence-electron chi connectivity index (χ2n) is 3.95. The molecule has 0 aliphatic heterocycles. The molecule has 1 heterocycles. The van der Waals surface area contributed by atoms with Gasteiger partial charge in [-0.05, 0) is 6.42 Å². The highest BCUT2D eigenvalue weighted by molar-refractivity contribution is 7.89. The molecule has 1 aromatic rings. The summed E-state index contributed by atoms with van der Waals surface area (Å²) in [6, 6.07) is 0. The first-order valence-corrected chi connectivity index (χ1v) is 7.34. The molecule has 0 atom stereocenters. The second kappa shape index (κ2) is 7.33. The zero-order valence-corrected chi connectivity index (χ0v) is 11.8. The van der Waals surface area contributed by atoms with E-state index in [0.29, 0.717) is 26.2 Å². The summed E-state index contributed by atoms with van der Waals surface area (Å²) >= 11 is 0. The van der Waals surface area contributed by atoms with E-state index in [4.69, 9.17) is 14.6 Å². The highest BCUT2D eigenvalue weighted by atomic mass is 32.2. The van der Waals surface area contributed by atoms with Gasteiger partial charge >= 0.3 is 5.69 Å². The Kier molecular flexibility index (Phi) is 6.07. The van der Waals surface area contributed by atoms with Crippen molar-refractivity contribution in [3.8, 4) is 0 Å². The SMILES string of the molecule is COCCOCCCn1cc(S(N)(=O)=O)c(=O)[nH]c1=O. The van der Waals surface area contributed by atoms with E-state index < -0.39 is 26.2 Å². The minimum atomic E-state index is -4.17. The van der Waals surface area contributed by atoms with Gasteiger partial charge in [-0.3, -0.25) is 14.3 Å². The maximum Gasteiger partial charge on any atom is 0.328 e. The molecule has 0 saturated heterocycles. The molecule has 0 aliphatic rings. The zero-order chi connectivity index (χ0) is 15.2. The number of hydrogen-bond acceptors (Lipinski definition) is 6. The fourth-order valence-corrected chi connectivity index (χ4v) is 2.02. The minimum Gasteiger partial charge on any atom is -0.382 e. The summed E-state index contributed by atoms with van der Waals surface area (Å²) in [6.45, 7) is 1.47. The number of ether oxygens (including phenoxy) is 2. The molecule has 0 spiro atoms. The van der Waals surface area contributed by atoms with E-state index in [1.165, 1.54) is 0 Å². The van der Waals surface area contributed by atoms with Gasteiger partial charge in [0.1, 0.15) is 0 Å².